The minimum atomic E-state index is 0.543. The Kier molecular flexibility index (Phi) is 6.10. The van der Waals surface area contributed by atoms with Gasteiger partial charge in [-0.3, -0.25) is 0 Å². The maximum atomic E-state index is 8.99. The highest BCUT2D eigenvalue weighted by atomic mass is 16.5. The average Bonchev–Trinajstić information content (AvgIpc) is 3.14. The number of fused-ring (bicyclic) bond motifs is 1. The molecule has 1 heterocycles. The lowest BCUT2D eigenvalue weighted by Gasteiger charge is -2.12. The van der Waals surface area contributed by atoms with E-state index >= 15 is 0 Å². The fourth-order valence-electron chi connectivity index (χ4n) is 2.97. The third kappa shape index (κ3) is 4.76. The molecule has 5 heteroatoms. The molecular weight excluding hydrogens is 324 g/mol. The Morgan fingerprint density at radius 3 is 2.96 bits per heavy atom. The van der Waals surface area contributed by atoms with Crippen molar-refractivity contribution in [1.29, 1.82) is 5.26 Å². The number of guanidine groups is 1. The summed E-state index contributed by atoms with van der Waals surface area (Å²) in [6.45, 7) is 5.00. The van der Waals surface area contributed by atoms with Gasteiger partial charge in [-0.2, -0.15) is 5.26 Å². The predicted molar refractivity (Wildman–Crippen MR) is 103 cm³/mol. The number of benzene rings is 2. The largest absolute Gasteiger partial charge is 0.493 e. The lowest BCUT2D eigenvalue weighted by atomic mass is 10.1. The van der Waals surface area contributed by atoms with Crippen LogP contribution in [0.25, 0.3) is 0 Å². The number of aliphatic imine (C=N–C) groups is 1. The fraction of sp³-hybridized carbons (Fsp3) is 0.333. The maximum absolute atomic E-state index is 8.99. The normalized spacial score (nSPS) is 12.8. The Balaban J connectivity index is 1.55. The van der Waals surface area contributed by atoms with Crippen LogP contribution in [0.5, 0.6) is 5.75 Å². The van der Waals surface area contributed by atoms with Crippen molar-refractivity contribution in [3.05, 3.63) is 64.7 Å². The van der Waals surface area contributed by atoms with E-state index in [2.05, 4.69) is 39.9 Å². The first-order chi connectivity index (χ1) is 12.8. The van der Waals surface area contributed by atoms with Crippen LogP contribution >= 0.6 is 0 Å². The van der Waals surface area contributed by atoms with Gasteiger partial charge in [0.1, 0.15) is 5.75 Å². The zero-order valence-corrected chi connectivity index (χ0v) is 15.1. The molecule has 2 aromatic rings. The van der Waals surface area contributed by atoms with E-state index in [1.807, 2.05) is 25.1 Å². The van der Waals surface area contributed by atoms with Gasteiger partial charge in [0.05, 0.1) is 24.8 Å². The van der Waals surface area contributed by atoms with Crippen molar-refractivity contribution in [3.63, 3.8) is 0 Å². The van der Waals surface area contributed by atoms with E-state index in [0.29, 0.717) is 12.1 Å². The lowest BCUT2D eigenvalue weighted by Crippen LogP contribution is -2.38. The summed E-state index contributed by atoms with van der Waals surface area (Å²) in [5, 5.41) is 15.6. The van der Waals surface area contributed by atoms with E-state index in [1.54, 1.807) is 6.07 Å². The Morgan fingerprint density at radius 1 is 1.19 bits per heavy atom. The summed E-state index contributed by atoms with van der Waals surface area (Å²) in [6, 6.07) is 16.2. The van der Waals surface area contributed by atoms with Gasteiger partial charge in [0.2, 0.25) is 0 Å². The van der Waals surface area contributed by atoms with Crippen molar-refractivity contribution in [1.82, 2.24) is 10.6 Å². The summed E-state index contributed by atoms with van der Waals surface area (Å²) >= 11 is 0. The van der Waals surface area contributed by atoms with Crippen molar-refractivity contribution in [2.75, 3.05) is 19.7 Å². The Bertz CT molecular complexity index is 823. The second-order valence-electron chi connectivity index (χ2n) is 6.22. The van der Waals surface area contributed by atoms with Crippen LogP contribution < -0.4 is 15.4 Å². The Hall–Kier alpha value is -3.00. The number of hydrogen-bond acceptors (Lipinski definition) is 3. The summed E-state index contributed by atoms with van der Waals surface area (Å²) < 4.78 is 5.55. The van der Waals surface area contributed by atoms with Crippen LogP contribution in [-0.4, -0.2) is 25.7 Å². The molecule has 0 aliphatic carbocycles. The monoisotopic (exact) mass is 348 g/mol. The molecule has 134 valence electrons. The highest BCUT2D eigenvalue weighted by Crippen LogP contribution is 2.25. The Morgan fingerprint density at radius 2 is 2.12 bits per heavy atom. The fourth-order valence-corrected chi connectivity index (χ4v) is 2.97. The third-order valence-electron chi connectivity index (χ3n) is 4.28. The summed E-state index contributed by atoms with van der Waals surface area (Å²) in [5.41, 5.74) is 4.30. The van der Waals surface area contributed by atoms with E-state index in [1.165, 1.54) is 11.1 Å². The summed E-state index contributed by atoms with van der Waals surface area (Å²) in [4.78, 5) is 4.61. The molecule has 0 unspecified atom stereocenters. The first-order valence-electron chi connectivity index (χ1n) is 9.04. The Labute approximate surface area is 154 Å². The molecular formula is C21H24N4O. The molecule has 2 aromatic carbocycles. The highest BCUT2D eigenvalue weighted by molar-refractivity contribution is 5.79. The molecule has 3 rings (SSSR count). The van der Waals surface area contributed by atoms with Crippen molar-refractivity contribution in [2.24, 2.45) is 4.99 Å². The topological polar surface area (TPSA) is 69.4 Å². The van der Waals surface area contributed by atoms with E-state index in [0.717, 1.165) is 49.8 Å². The van der Waals surface area contributed by atoms with Crippen molar-refractivity contribution >= 4 is 5.96 Å². The molecule has 0 saturated carbocycles. The molecule has 0 amide bonds. The second-order valence-corrected chi connectivity index (χ2v) is 6.22. The van der Waals surface area contributed by atoms with Gasteiger partial charge in [-0.05, 0) is 48.2 Å². The van der Waals surface area contributed by atoms with Crippen LogP contribution in [-0.2, 0) is 19.4 Å². The van der Waals surface area contributed by atoms with Gasteiger partial charge < -0.3 is 15.4 Å². The second kappa shape index (κ2) is 8.91. The number of nitrogens with one attached hydrogen (secondary N) is 2. The zero-order valence-electron chi connectivity index (χ0n) is 15.1. The molecule has 0 fully saturated rings. The SMILES string of the molecule is CCNC(=NCc1cccc(C#N)c1)NCCc1ccc2c(c1)CCO2. The molecule has 2 N–H and O–H groups in total. The number of rotatable bonds is 6. The van der Waals surface area contributed by atoms with Gasteiger partial charge in [-0.15, -0.1) is 0 Å². The molecule has 1 aliphatic heterocycles. The number of nitriles is 1. The van der Waals surface area contributed by atoms with Gasteiger partial charge in [-0.1, -0.05) is 24.3 Å². The number of hydrogen-bond donors (Lipinski definition) is 2. The summed E-state index contributed by atoms with van der Waals surface area (Å²) in [6.07, 6.45) is 1.93. The van der Waals surface area contributed by atoms with Crippen LogP contribution in [0.4, 0.5) is 0 Å². The van der Waals surface area contributed by atoms with Crippen molar-refractivity contribution in [2.45, 2.75) is 26.3 Å². The smallest absolute Gasteiger partial charge is 0.191 e. The van der Waals surface area contributed by atoms with E-state index < -0.39 is 0 Å². The number of ether oxygens (including phenoxy) is 1. The molecule has 5 nitrogen and oxygen atoms in total. The van der Waals surface area contributed by atoms with Crippen LogP contribution in [0, 0.1) is 11.3 Å². The maximum Gasteiger partial charge on any atom is 0.191 e. The lowest BCUT2D eigenvalue weighted by molar-refractivity contribution is 0.357. The van der Waals surface area contributed by atoms with Gasteiger partial charge >= 0.3 is 0 Å². The molecule has 1 aliphatic rings. The van der Waals surface area contributed by atoms with Crippen LogP contribution in [0.3, 0.4) is 0 Å². The zero-order chi connectivity index (χ0) is 18.2. The van der Waals surface area contributed by atoms with Gasteiger partial charge in [-0.25, -0.2) is 4.99 Å². The summed E-state index contributed by atoms with van der Waals surface area (Å²) in [7, 11) is 0. The molecule has 0 bridgehead atoms. The van der Waals surface area contributed by atoms with Gasteiger partial charge in [0, 0.05) is 19.5 Å². The van der Waals surface area contributed by atoms with Crippen LogP contribution in [0.15, 0.2) is 47.5 Å². The molecule has 0 saturated heterocycles. The molecule has 0 spiro atoms. The molecule has 0 aromatic heterocycles. The third-order valence-corrected chi connectivity index (χ3v) is 4.28. The van der Waals surface area contributed by atoms with Gasteiger partial charge in [0.25, 0.3) is 0 Å². The predicted octanol–water partition coefficient (Wildman–Crippen LogP) is 2.79. The van der Waals surface area contributed by atoms with E-state index in [-0.39, 0.29) is 0 Å². The number of nitrogens with zero attached hydrogens (tertiary/aromatic N) is 2. The first kappa shape index (κ1) is 17.8. The standard InChI is InChI=1S/C21H24N4O/c1-2-23-21(25-15-18-5-3-4-17(12-18)14-22)24-10-8-16-6-7-20-19(13-16)9-11-26-20/h3-7,12-13H,2,8-11,15H2,1H3,(H2,23,24,25). The molecule has 0 radical (unpaired) electrons. The van der Waals surface area contributed by atoms with E-state index in [4.69, 9.17) is 10.00 Å². The minimum absolute atomic E-state index is 0.543. The first-order valence-corrected chi connectivity index (χ1v) is 9.04. The molecule has 26 heavy (non-hydrogen) atoms. The van der Waals surface area contributed by atoms with Crippen LogP contribution in [0.1, 0.15) is 29.2 Å². The van der Waals surface area contributed by atoms with Crippen LogP contribution in [0.2, 0.25) is 0 Å². The van der Waals surface area contributed by atoms with E-state index in [9.17, 15) is 0 Å². The minimum Gasteiger partial charge on any atom is -0.493 e. The molecule has 0 atom stereocenters. The summed E-state index contributed by atoms with van der Waals surface area (Å²) in [5.74, 6) is 1.82. The quantitative estimate of drug-likeness (QED) is 0.622. The van der Waals surface area contributed by atoms with Crippen molar-refractivity contribution in [3.8, 4) is 11.8 Å². The van der Waals surface area contributed by atoms with Crippen molar-refractivity contribution < 1.29 is 4.74 Å². The average molecular weight is 348 g/mol. The highest BCUT2D eigenvalue weighted by Gasteiger charge is 2.11. The van der Waals surface area contributed by atoms with Gasteiger partial charge in [0.15, 0.2) is 5.96 Å².